The molecular weight excluding hydrogens is 408 g/mol. The summed E-state index contributed by atoms with van der Waals surface area (Å²) in [7, 11) is 0. The highest BCUT2D eigenvalue weighted by Gasteiger charge is 2.42. The second-order valence-corrected chi connectivity index (χ2v) is 10.0. The molecule has 2 N–H and O–H groups in total. The molecule has 2 aromatic carbocycles. The van der Waals surface area contributed by atoms with Gasteiger partial charge in [0.25, 0.3) is 0 Å². The van der Waals surface area contributed by atoms with Gasteiger partial charge in [0.2, 0.25) is 11.8 Å². The highest BCUT2D eigenvalue weighted by atomic mass is 16.2. The van der Waals surface area contributed by atoms with Crippen LogP contribution in [0.3, 0.4) is 0 Å². The van der Waals surface area contributed by atoms with Gasteiger partial charge in [0, 0.05) is 23.2 Å². The topological polar surface area (TPSA) is 58.2 Å². The summed E-state index contributed by atoms with van der Waals surface area (Å²) in [6.45, 7) is 4.40. The Balaban J connectivity index is 1.22. The van der Waals surface area contributed by atoms with Gasteiger partial charge in [-0.15, -0.1) is 0 Å². The molecule has 0 saturated heterocycles. The van der Waals surface area contributed by atoms with E-state index in [2.05, 4.69) is 48.7 Å². The highest BCUT2D eigenvalue weighted by Crippen LogP contribution is 2.43. The zero-order valence-electron chi connectivity index (χ0n) is 20.1. The Hall–Kier alpha value is -2.62. The predicted molar refractivity (Wildman–Crippen MR) is 135 cm³/mol. The zero-order chi connectivity index (χ0) is 23.2. The first-order valence-corrected chi connectivity index (χ1v) is 12.9. The fraction of sp³-hybridized carbons (Fsp3) is 0.517. The van der Waals surface area contributed by atoms with Crippen molar-refractivity contribution in [2.24, 2.45) is 23.7 Å². The lowest BCUT2D eigenvalue weighted by Gasteiger charge is -2.08. The summed E-state index contributed by atoms with van der Waals surface area (Å²) >= 11 is 0. The average Bonchev–Trinajstić information content (AvgIpc) is 3.74. The molecule has 0 aromatic heterocycles. The van der Waals surface area contributed by atoms with Crippen LogP contribution in [0.4, 0.5) is 11.4 Å². The summed E-state index contributed by atoms with van der Waals surface area (Å²) < 4.78 is 0. The predicted octanol–water partition coefficient (Wildman–Crippen LogP) is 6.81. The first-order chi connectivity index (χ1) is 16.1. The Bertz CT molecular complexity index is 858. The summed E-state index contributed by atoms with van der Waals surface area (Å²) in [4.78, 5) is 24.8. The quantitative estimate of drug-likeness (QED) is 0.376. The Kier molecular flexibility index (Phi) is 7.85. The number of nitrogens with one attached hydrogen (secondary N) is 2. The van der Waals surface area contributed by atoms with Gasteiger partial charge in [-0.2, -0.15) is 0 Å². The smallest absolute Gasteiger partial charge is 0.227 e. The third-order valence-electron chi connectivity index (χ3n) is 7.23. The number of hydrogen-bond acceptors (Lipinski definition) is 2. The van der Waals surface area contributed by atoms with E-state index < -0.39 is 0 Å². The molecule has 0 aliphatic heterocycles. The van der Waals surface area contributed by atoms with Crippen molar-refractivity contribution in [3.8, 4) is 0 Å². The molecule has 2 saturated carbocycles. The summed E-state index contributed by atoms with van der Waals surface area (Å²) in [5.41, 5.74) is 4.16. The lowest BCUT2D eigenvalue weighted by molar-refractivity contribution is -0.118. The van der Waals surface area contributed by atoms with E-state index in [1.807, 2.05) is 24.3 Å². The fourth-order valence-corrected chi connectivity index (χ4v) is 4.83. The summed E-state index contributed by atoms with van der Waals surface area (Å²) in [5, 5.41) is 6.15. The fourth-order valence-electron chi connectivity index (χ4n) is 4.83. The van der Waals surface area contributed by atoms with Crippen LogP contribution < -0.4 is 10.6 Å². The van der Waals surface area contributed by atoms with Gasteiger partial charge >= 0.3 is 0 Å². The first kappa shape index (κ1) is 23.5. The average molecular weight is 447 g/mol. The van der Waals surface area contributed by atoms with Gasteiger partial charge in [0.1, 0.15) is 0 Å². The molecule has 2 aromatic rings. The van der Waals surface area contributed by atoms with E-state index in [1.165, 1.54) is 49.7 Å². The van der Waals surface area contributed by atoms with E-state index >= 15 is 0 Å². The van der Waals surface area contributed by atoms with Crippen LogP contribution in [0.2, 0.25) is 0 Å². The maximum atomic E-state index is 12.4. The largest absolute Gasteiger partial charge is 0.326 e. The van der Waals surface area contributed by atoms with Crippen molar-refractivity contribution >= 4 is 23.2 Å². The molecule has 0 spiro atoms. The lowest BCUT2D eigenvalue weighted by atomic mass is 10.0. The number of rotatable bonds is 12. The number of benzene rings is 2. The third kappa shape index (κ3) is 6.69. The molecule has 33 heavy (non-hydrogen) atoms. The van der Waals surface area contributed by atoms with Gasteiger partial charge in [0.05, 0.1) is 0 Å². The Labute approximate surface area is 198 Å². The van der Waals surface area contributed by atoms with E-state index in [9.17, 15) is 9.59 Å². The summed E-state index contributed by atoms with van der Waals surface area (Å²) in [6.07, 6.45) is 10.1. The minimum Gasteiger partial charge on any atom is -0.326 e. The minimum atomic E-state index is 0.171. The van der Waals surface area contributed by atoms with Crippen molar-refractivity contribution in [2.45, 2.75) is 71.6 Å². The molecule has 4 nitrogen and oxygen atoms in total. The Morgan fingerprint density at radius 2 is 1.09 bits per heavy atom. The van der Waals surface area contributed by atoms with Gasteiger partial charge in [-0.05, 0) is 79.3 Å². The molecule has 2 amide bonds. The number of carbonyl (C=O) groups excluding carboxylic acids is 2. The number of hydrogen-bond donors (Lipinski definition) is 2. The Morgan fingerprint density at radius 1 is 0.697 bits per heavy atom. The van der Waals surface area contributed by atoms with E-state index in [4.69, 9.17) is 0 Å². The molecule has 0 bridgehead atoms. The van der Waals surface area contributed by atoms with Gasteiger partial charge in [-0.25, -0.2) is 0 Å². The molecule has 2 aliphatic carbocycles. The van der Waals surface area contributed by atoms with Crippen LogP contribution in [0.5, 0.6) is 0 Å². The summed E-state index contributed by atoms with van der Waals surface area (Å²) in [5.74, 6) is 1.93. The number of amides is 2. The van der Waals surface area contributed by atoms with Crippen molar-refractivity contribution in [2.75, 3.05) is 10.6 Å². The molecule has 176 valence electrons. The second kappa shape index (κ2) is 11.0. The van der Waals surface area contributed by atoms with E-state index in [1.54, 1.807) is 0 Å². The third-order valence-corrected chi connectivity index (χ3v) is 7.23. The van der Waals surface area contributed by atoms with Crippen molar-refractivity contribution in [1.29, 1.82) is 0 Å². The lowest BCUT2D eigenvalue weighted by Crippen LogP contribution is -2.14. The van der Waals surface area contributed by atoms with Gasteiger partial charge in [0.15, 0.2) is 0 Å². The molecule has 4 atom stereocenters. The standard InChI is InChI=1S/C29H38N2O2/c1-3-5-7-22-18-26(22)28(32)30-24-13-9-20(10-14-24)17-21-11-15-25(16-12-21)31-29(33)27-19-23(27)8-6-4-2/h9-16,22-23,26-27H,3-8,17-19H2,1-2H3,(H,30,32)(H,31,33)/t22-,23-,26+,27+/m0/s1. The van der Waals surface area contributed by atoms with Gasteiger partial charge in [-0.1, -0.05) is 63.8 Å². The van der Waals surface area contributed by atoms with E-state index in [0.29, 0.717) is 11.8 Å². The molecule has 2 aliphatic rings. The van der Waals surface area contributed by atoms with Crippen LogP contribution in [0.25, 0.3) is 0 Å². The van der Waals surface area contributed by atoms with E-state index in [0.717, 1.165) is 30.6 Å². The highest BCUT2D eigenvalue weighted by molar-refractivity contribution is 5.95. The maximum Gasteiger partial charge on any atom is 0.227 e. The van der Waals surface area contributed by atoms with Gasteiger partial charge in [-0.3, -0.25) is 9.59 Å². The number of unbranched alkanes of at least 4 members (excludes halogenated alkanes) is 2. The van der Waals surface area contributed by atoms with Crippen molar-refractivity contribution in [3.05, 3.63) is 59.7 Å². The minimum absolute atomic E-state index is 0.171. The van der Waals surface area contributed by atoms with Crippen LogP contribution in [0.15, 0.2) is 48.5 Å². The normalized spacial score (nSPS) is 23.1. The van der Waals surface area contributed by atoms with Crippen molar-refractivity contribution < 1.29 is 9.59 Å². The molecule has 4 heteroatoms. The molecule has 4 rings (SSSR count). The monoisotopic (exact) mass is 446 g/mol. The van der Waals surface area contributed by atoms with Crippen LogP contribution in [-0.4, -0.2) is 11.8 Å². The van der Waals surface area contributed by atoms with Crippen LogP contribution in [0, 0.1) is 23.7 Å². The van der Waals surface area contributed by atoms with Crippen LogP contribution >= 0.6 is 0 Å². The van der Waals surface area contributed by atoms with Crippen molar-refractivity contribution in [1.82, 2.24) is 0 Å². The molecule has 0 unspecified atom stereocenters. The SMILES string of the molecule is CCCC[C@H]1C[C@H]1C(=O)Nc1ccc(Cc2ccc(NC(=O)[C@@H]3C[C@@H]3CCCC)cc2)cc1. The summed E-state index contributed by atoms with van der Waals surface area (Å²) in [6, 6.07) is 16.3. The number of anilines is 2. The van der Waals surface area contributed by atoms with Crippen LogP contribution in [0.1, 0.15) is 76.3 Å². The first-order valence-electron chi connectivity index (χ1n) is 12.9. The maximum absolute atomic E-state index is 12.4. The second-order valence-electron chi connectivity index (χ2n) is 10.0. The van der Waals surface area contributed by atoms with Gasteiger partial charge < -0.3 is 10.6 Å². The molecule has 2 fully saturated rings. The molecule has 0 radical (unpaired) electrons. The number of carbonyl (C=O) groups is 2. The zero-order valence-corrected chi connectivity index (χ0v) is 20.1. The van der Waals surface area contributed by atoms with Crippen LogP contribution in [-0.2, 0) is 16.0 Å². The molecule has 0 heterocycles. The van der Waals surface area contributed by atoms with E-state index in [-0.39, 0.29) is 23.7 Å². The Morgan fingerprint density at radius 3 is 1.45 bits per heavy atom. The van der Waals surface area contributed by atoms with Crippen molar-refractivity contribution in [3.63, 3.8) is 0 Å². The molecular formula is C29H38N2O2.